The van der Waals surface area contributed by atoms with E-state index in [2.05, 4.69) is 0 Å². The van der Waals surface area contributed by atoms with Crippen LogP contribution in [0.5, 0.6) is 5.75 Å². The Labute approximate surface area is 333 Å². The molecule has 7 nitrogen and oxygen atoms in total. The van der Waals surface area contributed by atoms with Crippen molar-refractivity contribution in [3.63, 3.8) is 0 Å². The molecule has 0 heterocycles. The van der Waals surface area contributed by atoms with Crippen molar-refractivity contribution in [2.75, 3.05) is 6.61 Å². The van der Waals surface area contributed by atoms with E-state index in [0.717, 1.165) is 41.0 Å². The number of aryl methyl sites for hydroxylation is 2. The summed E-state index contributed by atoms with van der Waals surface area (Å²) in [5.41, 5.74) is 1.29. The maximum Gasteiger partial charge on any atom is 0.417 e. The second kappa shape index (κ2) is 19.0. The van der Waals surface area contributed by atoms with Crippen LogP contribution in [0.25, 0.3) is 33.4 Å². The standard InChI is InChI=1S/C16H16O3.C15H11F3O2.C14H8F4O2/c1-3-19-15-10-12(16(17)18)8-9-14(15)13-7-5-4-6-11(13)2;1-9-8-10(14(19)20)6-7-11(9)12-4-2-3-5-13(12)15(16,17)18;15-12-4-2-1-3-10(12)9-6-5-8(13(19)20)7-11(9)14(16,17)18/h4-10H,3H2,1-2H3,(H,17,18);2-8H,1H3,(H,19,20);1-7H,(H,19,20). The van der Waals surface area contributed by atoms with E-state index in [1.807, 2.05) is 38.1 Å². The van der Waals surface area contributed by atoms with Crippen molar-refractivity contribution in [3.05, 3.63) is 172 Å². The summed E-state index contributed by atoms with van der Waals surface area (Å²) in [7, 11) is 0. The molecule has 0 aromatic heterocycles. The zero-order valence-electron chi connectivity index (χ0n) is 31.5. The molecular formula is C45H35F7O7. The molecule has 0 aliphatic rings. The van der Waals surface area contributed by atoms with Gasteiger partial charge in [0.15, 0.2) is 0 Å². The Morgan fingerprint density at radius 1 is 0.492 bits per heavy atom. The fraction of sp³-hybridized carbons (Fsp3) is 0.133. The van der Waals surface area contributed by atoms with Crippen molar-refractivity contribution < 1.29 is 65.2 Å². The normalized spacial score (nSPS) is 11.0. The summed E-state index contributed by atoms with van der Waals surface area (Å²) < 4.78 is 97.1. The van der Waals surface area contributed by atoms with Gasteiger partial charge in [0, 0.05) is 11.1 Å². The number of carboxylic acids is 3. The van der Waals surface area contributed by atoms with Gasteiger partial charge in [-0.3, -0.25) is 0 Å². The average molecular weight is 821 g/mol. The van der Waals surface area contributed by atoms with Crippen molar-refractivity contribution >= 4 is 17.9 Å². The molecule has 0 bridgehead atoms. The third-order valence-corrected chi connectivity index (χ3v) is 8.70. The Balaban J connectivity index is 0.000000196. The highest BCUT2D eigenvalue weighted by molar-refractivity contribution is 5.91. The molecule has 0 aliphatic heterocycles. The first-order chi connectivity index (χ1) is 27.7. The van der Waals surface area contributed by atoms with E-state index in [1.165, 1.54) is 54.6 Å². The quantitative estimate of drug-likeness (QED) is 0.131. The molecular weight excluding hydrogens is 785 g/mol. The molecule has 6 aromatic carbocycles. The third-order valence-electron chi connectivity index (χ3n) is 8.70. The molecule has 0 saturated carbocycles. The number of hydrogen-bond donors (Lipinski definition) is 3. The van der Waals surface area contributed by atoms with Crippen LogP contribution in [-0.4, -0.2) is 39.8 Å². The van der Waals surface area contributed by atoms with E-state index in [-0.39, 0.29) is 27.8 Å². The van der Waals surface area contributed by atoms with Crippen molar-refractivity contribution in [3.8, 4) is 39.1 Å². The molecule has 0 radical (unpaired) electrons. The number of aromatic carboxylic acids is 3. The Hall–Kier alpha value is -6.96. The van der Waals surface area contributed by atoms with Gasteiger partial charge in [-0.15, -0.1) is 0 Å². The summed E-state index contributed by atoms with van der Waals surface area (Å²) in [6.45, 7) is 6.00. The number of carboxylic acid groups (broad SMARTS) is 3. The fourth-order valence-corrected chi connectivity index (χ4v) is 5.92. The lowest BCUT2D eigenvalue weighted by Gasteiger charge is -2.14. The Bertz CT molecular complexity index is 2470. The highest BCUT2D eigenvalue weighted by Crippen LogP contribution is 2.40. The predicted molar refractivity (Wildman–Crippen MR) is 207 cm³/mol. The third kappa shape index (κ3) is 11.3. The van der Waals surface area contributed by atoms with Gasteiger partial charge in [-0.1, -0.05) is 72.8 Å². The molecule has 6 aromatic rings. The fourth-order valence-electron chi connectivity index (χ4n) is 5.92. The van der Waals surface area contributed by atoms with Crippen LogP contribution in [0, 0.1) is 19.7 Å². The maximum atomic E-state index is 13.6. The van der Waals surface area contributed by atoms with Crippen LogP contribution in [-0.2, 0) is 12.4 Å². The van der Waals surface area contributed by atoms with Crippen LogP contribution in [0.2, 0.25) is 0 Å². The zero-order valence-corrected chi connectivity index (χ0v) is 31.5. The number of halogens is 7. The van der Waals surface area contributed by atoms with Crippen LogP contribution in [0.15, 0.2) is 127 Å². The predicted octanol–water partition coefficient (Wildman–Crippen LogP) is 12.3. The SMILES string of the molecule is CCOc1cc(C(=O)O)ccc1-c1ccccc1C.Cc1cc(C(=O)O)ccc1-c1ccccc1C(F)(F)F.O=C(O)c1ccc(-c2ccccc2F)c(C(F)(F)F)c1. The number of carbonyl (C=O) groups is 3. The lowest BCUT2D eigenvalue weighted by atomic mass is 9.94. The summed E-state index contributed by atoms with van der Waals surface area (Å²) in [6, 6.07) is 29.8. The molecule has 14 heteroatoms. The molecule has 0 spiro atoms. The summed E-state index contributed by atoms with van der Waals surface area (Å²) in [5.74, 6) is -3.73. The van der Waals surface area contributed by atoms with Gasteiger partial charge in [0.2, 0.25) is 0 Å². The first-order valence-corrected chi connectivity index (χ1v) is 17.5. The molecule has 0 amide bonds. The molecule has 0 fully saturated rings. The lowest BCUT2D eigenvalue weighted by molar-refractivity contribution is -0.137. The van der Waals surface area contributed by atoms with Gasteiger partial charge in [-0.2, -0.15) is 26.3 Å². The monoisotopic (exact) mass is 820 g/mol. The second-order valence-corrected chi connectivity index (χ2v) is 12.7. The Morgan fingerprint density at radius 2 is 0.915 bits per heavy atom. The van der Waals surface area contributed by atoms with Crippen molar-refractivity contribution in [1.29, 1.82) is 0 Å². The molecule has 0 unspecified atom stereocenters. The lowest BCUT2D eigenvalue weighted by Crippen LogP contribution is -2.10. The summed E-state index contributed by atoms with van der Waals surface area (Å²) in [6.07, 6.45) is -9.22. The molecule has 0 atom stereocenters. The molecule has 0 saturated heterocycles. The van der Waals surface area contributed by atoms with Crippen LogP contribution in [0.3, 0.4) is 0 Å². The summed E-state index contributed by atoms with van der Waals surface area (Å²) >= 11 is 0. The van der Waals surface area contributed by atoms with Crippen molar-refractivity contribution in [2.45, 2.75) is 33.1 Å². The summed E-state index contributed by atoms with van der Waals surface area (Å²) in [4.78, 5) is 32.6. The van der Waals surface area contributed by atoms with Crippen LogP contribution < -0.4 is 4.74 Å². The highest BCUT2D eigenvalue weighted by Gasteiger charge is 2.35. The van der Waals surface area contributed by atoms with Gasteiger partial charge in [0.05, 0.1) is 34.4 Å². The zero-order chi connectivity index (χ0) is 43.7. The number of alkyl halides is 6. The van der Waals surface area contributed by atoms with Crippen molar-refractivity contribution in [2.24, 2.45) is 0 Å². The van der Waals surface area contributed by atoms with E-state index in [4.69, 9.17) is 20.1 Å². The smallest absolute Gasteiger partial charge is 0.417 e. The highest BCUT2D eigenvalue weighted by atomic mass is 19.4. The first-order valence-electron chi connectivity index (χ1n) is 17.5. The minimum Gasteiger partial charge on any atom is -0.493 e. The van der Waals surface area contributed by atoms with Crippen LogP contribution in [0.1, 0.15) is 60.3 Å². The number of rotatable bonds is 8. The van der Waals surface area contributed by atoms with Crippen LogP contribution >= 0.6 is 0 Å². The molecule has 306 valence electrons. The minimum atomic E-state index is -4.77. The number of ether oxygens (including phenoxy) is 1. The largest absolute Gasteiger partial charge is 0.493 e. The molecule has 3 N–H and O–H groups in total. The van der Waals surface area contributed by atoms with E-state index < -0.39 is 52.8 Å². The van der Waals surface area contributed by atoms with Gasteiger partial charge in [-0.25, -0.2) is 18.8 Å². The number of hydrogen-bond acceptors (Lipinski definition) is 4. The molecule has 6 rings (SSSR count). The van der Waals surface area contributed by atoms with Gasteiger partial charge >= 0.3 is 30.3 Å². The van der Waals surface area contributed by atoms with Crippen molar-refractivity contribution in [1.82, 2.24) is 0 Å². The van der Waals surface area contributed by atoms with E-state index in [0.29, 0.717) is 29.5 Å². The summed E-state index contributed by atoms with van der Waals surface area (Å²) in [5, 5.41) is 26.7. The van der Waals surface area contributed by atoms with Gasteiger partial charge in [0.1, 0.15) is 11.6 Å². The average Bonchev–Trinajstić information content (AvgIpc) is 3.18. The van der Waals surface area contributed by atoms with Gasteiger partial charge in [-0.05, 0) is 109 Å². The topological polar surface area (TPSA) is 121 Å². The Morgan fingerprint density at radius 3 is 1.42 bits per heavy atom. The molecule has 0 aliphatic carbocycles. The van der Waals surface area contributed by atoms with Crippen LogP contribution in [0.4, 0.5) is 30.7 Å². The second-order valence-electron chi connectivity index (χ2n) is 12.7. The maximum absolute atomic E-state index is 13.6. The van der Waals surface area contributed by atoms with E-state index >= 15 is 0 Å². The first kappa shape index (κ1) is 44.8. The van der Waals surface area contributed by atoms with Gasteiger partial charge < -0.3 is 20.1 Å². The van der Waals surface area contributed by atoms with Gasteiger partial charge in [0.25, 0.3) is 0 Å². The number of benzene rings is 6. The van der Waals surface area contributed by atoms with E-state index in [9.17, 15) is 45.1 Å². The molecule has 59 heavy (non-hydrogen) atoms. The minimum absolute atomic E-state index is 0.0504. The van der Waals surface area contributed by atoms with E-state index in [1.54, 1.807) is 25.1 Å². The Kier molecular flexibility index (Phi) is 14.4.